The van der Waals surface area contributed by atoms with Crippen LogP contribution >= 0.6 is 15.9 Å². The third-order valence-corrected chi connectivity index (χ3v) is 4.67. The maximum Gasteiger partial charge on any atom is 0.0175 e. The van der Waals surface area contributed by atoms with Gasteiger partial charge in [-0.05, 0) is 60.8 Å². The van der Waals surface area contributed by atoms with E-state index in [1.807, 2.05) is 0 Å². The van der Waals surface area contributed by atoms with E-state index in [0.29, 0.717) is 5.41 Å². The van der Waals surface area contributed by atoms with Gasteiger partial charge in [0.2, 0.25) is 0 Å². The van der Waals surface area contributed by atoms with Crippen molar-refractivity contribution in [3.63, 3.8) is 0 Å². The predicted octanol–water partition coefficient (Wildman–Crippen LogP) is 3.08. The van der Waals surface area contributed by atoms with Gasteiger partial charge in [0.25, 0.3) is 0 Å². The van der Waals surface area contributed by atoms with Crippen LogP contribution in [0, 0.1) is 11.8 Å². The third-order valence-electron chi connectivity index (χ3n) is 4.14. The lowest BCUT2D eigenvalue weighted by Crippen LogP contribution is -2.13. The van der Waals surface area contributed by atoms with E-state index in [1.165, 1.54) is 29.3 Å². The Bertz CT molecular complexity index is 367. The molecule has 2 N–H and O–H groups in total. The predicted molar refractivity (Wildman–Crippen MR) is 65.7 cm³/mol. The molecule has 0 aliphatic heterocycles. The van der Waals surface area contributed by atoms with Crippen LogP contribution in [-0.2, 0) is 5.41 Å². The van der Waals surface area contributed by atoms with E-state index in [-0.39, 0.29) is 0 Å². The van der Waals surface area contributed by atoms with E-state index < -0.39 is 0 Å². The topological polar surface area (TPSA) is 26.0 Å². The summed E-state index contributed by atoms with van der Waals surface area (Å²) in [6, 6.07) is 8.89. The summed E-state index contributed by atoms with van der Waals surface area (Å²) in [5.41, 5.74) is 7.80. The standard InChI is InChI=1S/C13H16BrN/c14-11-3-1-10(2-4-11)13(5-6-13)12-7-9(12)8-15/h1-4,9,12H,5-8,15H2/t9-,12+/m0/s1. The zero-order valence-electron chi connectivity index (χ0n) is 8.75. The van der Waals surface area contributed by atoms with Gasteiger partial charge in [0.05, 0.1) is 0 Å². The highest BCUT2D eigenvalue weighted by molar-refractivity contribution is 9.10. The fourth-order valence-corrected chi connectivity index (χ4v) is 3.24. The second-order valence-electron chi connectivity index (χ2n) is 5.00. The Labute approximate surface area is 99.2 Å². The van der Waals surface area contributed by atoms with Crippen LogP contribution < -0.4 is 5.73 Å². The molecular weight excluding hydrogens is 250 g/mol. The highest BCUT2D eigenvalue weighted by Crippen LogP contribution is 2.64. The minimum absolute atomic E-state index is 0.519. The molecule has 2 aliphatic rings. The van der Waals surface area contributed by atoms with Crippen LogP contribution in [0.4, 0.5) is 0 Å². The number of rotatable bonds is 3. The summed E-state index contributed by atoms with van der Waals surface area (Å²) in [6.07, 6.45) is 4.10. The van der Waals surface area contributed by atoms with Crippen molar-refractivity contribution in [2.75, 3.05) is 6.54 Å². The Hall–Kier alpha value is -0.340. The summed E-state index contributed by atoms with van der Waals surface area (Å²) in [6.45, 7) is 0.878. The molecule has 2 fully saturated rings. The summed E-state index contributed by atoms with van der Waals surface area (Å²) in [7, 11) is 0. The van der Waals surface area contributed by atoms with Crippen LogP contribution in [0.25, 0.3) is 0 Å². The van der Waals surface area contributed by atoms with Crippen LogP contribution in [0.1, 0.15) is 24.8 Å². The highest BCUT2D eigenvalue weighted by Gasteiger charge is 2.59. The average molecular weight is 266 g/mol. The second kappa shape index (κ2) is 3.33. The highest BCUT2D eigenvalue weighted by atomic mass is 79.9. The number of nitrogens with two attached hydrogens (primary N) is 1. The van der Waals surface area contributed by atoms with E-state index in [1.54, 1.807) is 0 Å². The van der Waals surface area contributed by atoms with Gasteiger partial charge in [0.1, 0.15) is 0 Å². The molecule has 2 aliphatic carbocycles. The van der Waals surface area contributed by atoms with Crippen LogP contribution in [0.15, 0.2) is 28.7 Å². The van der Waals surface area contributed by atoms with Crippen LogP contribution in [0.3, 0.4) is 0 Å². The normalized spacial score (nSPS) is 31.3. The molecule has 0 amide bonds. The van der Waals surface area contributed by atoms with Gasteiger partial charge in [0.15, 0.2) is 0 Å². The Morgan fingerprint density at radius 1 is 1.27 bits per heavy atom. The lowest BCUT2D eigenvalue weighted by atomic mass is 9.89. The molecule has 0 unspecified atom stereocenters. The summed E-state index contributed by atoms with van der Waals surface area (Å²) in [5.74, 6) is 1.68. The summed E-state index contributed by atoms with van der Waals surface area (Å²) < 4.78 is 1.17. The van der Waals surface area contributed by atoms with E-state index in [2.05, 4.69) is 40.2 Å². The first-order valence-corrected chi connectivity index (χ1v) is 6.52. The van der Waals surface area contributed by atoms with Crippen LogP contribution in [0.2, 0.25) is 0 Å². The smallest absolute Gasteiger partial charge is 0.0175 e. The summed E-state index contributed by atoms with van der Waals surface area (Å²) in [4.78, 5) is 0. The van der Waals surface area contributed by atoms with Crippen molar-refractivity contribution >= 4 is 15.9 Å². The minimum Gasteiger partial charge on any atom is -0.330 e. The van der Waals surface area contributed by atoms with Gasteiger partial charge < -0.3 is 5.73 Å². The van der Waals surface area contributed by atoms with Crippen molar-refractivity contribution in [3.05, 3.63) is 34.3 Å². The van der Waals surface area contributed by atoms with Gasteiger partial charge in [-0.15, -0.1) is 0 Å². The van der Waals surface area contributed by atoms with E-state index in [9.17, 15) is 0 Å². The molecule has 0 bridgehead atoms. The first-order valence-electron chi connectivity index (χ1n) is 5.72. The molecule has 0 aromatic heterocycles. The largest absolute Gasteiger partial charge is 0.330 e. The van der Waals surface area contributed by atoms with Gasteiger partial charge >= 0.3 is 0 Å². The van der Waals surface area contributed by atoms with Gasteiger partial charge in [-0.3, -0.25) is 0 Å². The maximum absolute atomic E-state index is 5.74. The van der Waals surface area contributed by atoms with Crippen molar-refractivity contribution in [2.24, 2.45) is 17.6 Å². The van der Waals surface area contributed by atoms with Crippen molar-refractivity contribution in [2.45, 2.75) is 24.7 Å². The molecular formula is C13H16BrN. The Morgan fingerprint density at radius 2 is 1.93 bits per heavy atom. The molecule has 0 spiro atoms. The van der Waals surface area contributed by atoms with Crippen LogP contribution in [0.5, 0.6) is 0 Å². The Morgan fingerprint density at radius 3 is 2.40 bits per heavy atom. The molecule has 1 nitrogen and oxygen atoms in total. The van der Waals surface area contributed by atoms with Crippen molar-refractivity contribution in [1.82, 2.24) is 0 Å². The second-order valence-corrected chi connectivity index (χ2v) is 5.92. The molecule has 1 aromatic carbocycles. The van der Waals surface area contributed by atoms with E-state index >= 15 is 0 Å². The molecule has 0 heterocycles. The molecule has 80 valence electrons. The van der Waals surface area contributed by atoms with E-state index in [0.717, 1.165) is 18.4 Å². The van der Waals surface area contributed by atoms with Gasteiger partial charge in [-0.1, -0.05) is 28.1 Å². The fraction of sp³-hybridized carbons (Fsp3) is 0.538. The van der Waals surface area contributed by atoms with Crippen molar-refractivity contribution in [1.29, 1.82) is 0 Å². The molecule has 0 saturated heterocycles. The number of hydrogen-bond acceptors (Lipinski definition) is 1. The zero-order chi connectivity index (χ0) is 10.5. The molecule has 0 radical (unpaired) electrons. The van der Waals surface area contributed by atoms with Crippen LogP contribution in [-0.4, -0.2) is 6.54 Å². The molecule has 2 heteroatoms. The number of halogens is 1. The van der Waals surface area contributed by atoms with Gasteiger partial charge in [0, 0.05) is 4.47 Å². The third kappa shape index (κ3) is 1.55. The van der Waals surface area contributed by atoms with Gasteiger partial charge in [-0.25, -0.2) is 0 Å². The molecule has 3 rings (SSSR count). The van der Waals surface area contributed by atoms with Crippen molar-refractivity contribution < 1.29 is 0 Å². The average Bonchev–Trinajstić information content (AvgIpc) is 3.13. The minimum atomic E-state index is 0.519. The van der Waals surface area contributed by atoms with E-state index in [4.69, 9.17) is 5.73 Å². The first kappa shape index (κ1) is 9.86. The monoisotopic (exact) mass is 265 g/mol. The maximum atomic E-state index is 5.74. The Kier molecular flexibility index (Phi) is 2.18. The van der Waals surface area contributed by atoms with Gasteiger partial charge in [-0.2, -0.15) is 0 Å². The number of hydrogen-bond donors (Lipinski definition) is 1. The quantitative estimate of drug-likeness (QED) is 0.894. The molecule has 2 atom stereocenters. The lowest BCUT2D eigenvalue weighted by molar-refractivity contribution is 0.547. The SMILES string of the molecule is NC[C@@H]1C[C@H]1C1(c2ccc(Br)cc2)CC1. The lowest BCUT2D eigenvalue weighted by Gasteiger charge is -2.15. The van der Waals surface area contributed by atoms with Crippen molar-refractivity contribution in [3.8, 4) is 0 Å². The summed E-state index contributed by atoms with van der Waals surface area (Å²) >= 11 is 3.49. The molecule has 1 aromatic rings. The molecule has 15 heavy (non-hydrogen) atoms. The molecule has 2 saturated carbocycles. The summed E-state index contributed by atoms with van der Waals surface area (Å²) in [5, 5.41) is 0. The first-order chi connectivity index (χ1) is 7.26. The Balaban J connectivity index is 1.85. The number of benzene rings is 1. The fourth-order valence-electron chi connectivity index (χ4n) is 2.97. The zero-order valence-corrected chi connectivity index (χ0v) is 10.3.